The second kappa shape index (κ2) is 7.65. The Bertz CT molecular complexity index is 737. The van der Waals surface area contributed by atoms with E-state index in [4.69, 9.17) is 5.73 Å². The first-order chi connectivity index (χ1) is 11.8. The molecule has 0 spiro atoms. The average molecular weight is 355 g/mol. The van der Waals surface area contributed by atoms with Gasteiger partial charge in [-0.1, -0.05) is 30.3 Å². The highest BCUT2D eigenvalue weighted by Gasteiger charge is 2.43. The molecule has 0 aliphatic rings. The van der Waals surface area contributed by atoms with Crippen LogP contribution in [-0.2, 0) is 0 Å². The van der Waals surface area contributed by atoms with Crippen LogP contribution in [0.1, 0.15) is 5.56 Å². The average Bonchev–Trinajstić information content (AvgIpc) is 2.56. The van der Waals surface area contributed by atoms with E-state index in [2.05, 4.69) is 9.84 Å². The number of nitrogens with two attached hydrogens (primary N) is 1. The monoisotopic (exact) mass is 355 g/mol. The summed E-state index contributed by atoms with van der Waals surface area (Å²) in [6.07, 6.45) is -7.21. The molecule has 2 aromatic carbocycles. The first-order valence-electron chi connectivity index (χ1n) is 6.93. The van der Waals surface area contributed by atoms with Gasteiger partial charge in [0.15, 0.2) is 0 Å². The number of ether oxygens (including phenoxy) is 1. The highest BCUT2D eigenvalue weighted by molar-refractivity contribution is 5.93. The number of amides is 2. The lowest BCUT2D eigenvalue weighted by Crippen LogP contribution is -2.33. The molecule has 0 bridgehead atoms. The fraction of sp³-hybridized carbons (Fsp3) is 0.125. The predicted octanol–water partition coefficient (Wildman–Crippen LogP) is 3.84. The minimum absolute atomic E-state index is 0.146. The summed E-state index contributed by atoms with van der Waals surface area (Å²) in [4.78, 5) is 11.5. The molecular formula is C16H13F4N3O2. The van der Waals surface area contributed by atoms with E-state index < -0.39 is 24.3 Å². The van der Waals surface area contributed by atoms with E-state index in [1.807, 2.05) is 0 Å². The topological polar surface area (TPSA) is 67.9 Å². The number of anilines is 1. The summed E-state index contributed by atoms with van der Waals surface area (Å²) in [5, 5.41) is 4.74. The first-order valence-corrected chi connectivity index (χ1v) is 6.93. The number of carbonyl (C=O) groups is 1. The number of hydrogen-bond acceptors (Lipinski definition) is 3. The molecule has 132 valence electrons. The van der Waals surface area contributed by atoms with Gasteiger partial charge < -0.3 is 10.5 Å². The van der Waals surface area contributed by atoms with Crippen molar-refractivity contribution in [1.29, 1.82) is 0 Å². The van der Waals surface area contributed by atoms with Crippen LogP contribution in [0.4, 0.5) is 28.0 Å². The van der Waals surface area contributed by atoms with Gasteiger partial charge in [-0.15, -0.1) is 0 Å². The number of urea groups is 1. The zero-order chi connectivity index (χ0) is 18.4. The van der Waals surface area contributed by atoms with E-state index in [0.717, 1.165) is 17.1 Å². The lowest BCUT2D eigenvalue weighted by molar-refractivity contribution is -0.253. The van der Waals surface area contributed by atoms with Crippen LogP contribution in [-0.4, -0.2) is 24.8 Å². The lowest BCUT2D eigenvalue weighted by Gasteiger charge is -2.18. The van der Waals surface area contributed by atoms with Crippen LogP contribution in [0.25, 0.3) is 0 Å². The van der Waals surface area contributed by atoms with Crippen LogP contribution in [0.3, 0.4) is 0 Å². The van der Waals surface area contributed by atoms with Gasteiger partial charge in [-0.2, -0.15) is 27.7 Å². The number of hydrogen-bond donors (Lipinski definition) is 1. The maximum Gasteiger partial charge on any atom is 0.461 e. The van der Waals surface area contributed by atoms with Crippen molar-refractivity contribution in [3.05, 3.63) is 60.2 Å². The van der Waals surface area contributed by atoms with Crippen LogP contribution in [0.15, 0.2) is 59.7 Å². The first kappa shape index (κ1) is 18.2. The Morgan fingerprint density at radius 1 is 1.12 bits per heavy atom. The van der Waals surface area contributed by atoms with Gasteiger partial charge >= 0.3 is 18.6 Å². The molecule has 2 aromatic rings. The Morgan fingerprint density at radius 3 is 2.24 bits per heavy atom. The number of nitrogens with zero attached hydrogens (tertiary/aromatic N) is 2. The number of benzene rings is 2. The van der Waals surface area contributed by atoms with E-state index in [1.54, 1.807) is 30.3 Å². The molecular weight excluding hydrogens is 342 g/mol. The van der Waals surface area contributed by atoms with Gasteiger partial charge in [-0.3, -0.25) is 0 Å². The number of carbonyl (C=O) groups excluding carboxylic acids is 1. The minimum atomic E-state index is -4.61. The summed E-state index contributed by atoms with van der Waals surface area (Å²) < 4.78 is 53.8. The molecule has 25 heavy (non-hydrogen) atoms. The summed E-state index contributed by atoms with van der Waals surface area (Å²) in [5.41, 5.74) is 6.08. The molecule has 0 heterocycles. The normalized spacial score (nSPS) is 11.7. The maximum atomic E-state index is 12.8. The summed E-state index contributed by atoms with van der Waals surface area (Å²) >= 11 is 0. The summed E-state index contributed by atoms with van der Waals surface area (Å²) in [5.74, 6) is -0.495. The van der Waals surface area contributed by atoms with E-state index in [-0.39, 0.29) is 5.69 Å². The molecule has 0 fully saturated rings. The molecule has 0 saturated heterocycles. The van der Waals surface area contributed by atoms with Crippen LogP contribution in [0.2, 0.25) is 0 Å². The Balaban J connectivity index is 2.17. The lowest BCUT2D eigenvalue weighted by atomic mass is 10.2. The minimum Gasteiger partial charge on any atom is -0.428 e. The van der Waals surface area contributed by atoms with Crippen LogP contribution in [0, 0.1) is 0 Å². The molecule has 0 aliphatic heterocycles. The summed E-state index contributed by atoms with van der Waals surface area (Å²) in [7, 11) is 0. The zero-order valence-corrected chi connectivity index (χ0v) is 12.7. The van der Waals surface area contributed by atoms with Gasteiger partial charge in [0.2, 0.25) is 0 Å². The molecule has 0 radical (unpaired) electrons. The van der Waals surface area contributed by atoms with Crippen molar-refractivity contribution in [2.75, 3.05) is 5.01 Å². The molecule has 0 saturated carbocycles. The van der Waals surface area contributed by atoms with Gasteiger partial charge in [0, 0.05) is 0 Å². The third-order valence-corrected chi connectivity index (χ3v) is 2.92. The van der Waals surface area contributed by atoms with E-state index >= 15 is 0 Å². The smallest absolute Gasteiger partial charge is 0.428 e. The third-order valence-electron chi connectivity index (χ3n) is 2.92. The number of alkyl halides is 4. The summed E-state index contributed by atoms with van der Waals surface area (Å²) in [6.45, 7) is 0. The van der Waals surface area contributed by atoms with E-state index in [0.29, 0.717) is 5.56 Å². The fourth-order valence-electron chi connectivity index (χ4n) is 1.77. The van der Waals surface area contributed by atoms with Crippen LogP contribution >= 0.6 is 0 Å². The number of primary amides is 1. The van der Waals surface area contributed by atoms with Gasteiger partial charge in [0.25, 0.3) is 0 Å². The van der Waals surface area contributed by atoms with Crippen molar-refractivity contribution >= 4 is 17.9 Å². The third kappa shape index (κ3) is 4.93. The van der Waals surface area contributed by atoms with Crippen molar-refractivity contribution in [2.24, 2.45) is 10.8 Å². The predicted molar refractivity (Wildman–Crippen MR) is 84.1 cm³/mol. The van der Waals surface area contributed by atoms with Crippen molar-refractivity contribution in [3.63, 3.8) is 0 Å². The standard InChI is InChI=1S/C16H13F4N3O2/c17-14(18)16(19,20)25-13-8-6-12(7-9-13)23(15(21)24)22-10-11-4-2-1-3-5-11/h1-10,14H,(H2,21,24). The molecule has 0 aromatic heterocycles. The Kier molecular flexibility index (Phi) is 5.58. The zero-order valence-electron chi connectivity index (χ0n) is 12.7. The molecule has 2 N–H and O–H groups in total. The summed E-state index contributed by atoms with van der Waals surface area (Å²) in [6, 6.07) is 12.3. The number of hydrazone groups is 1. The van der Waals surface area contributed by atoms with E-state index in [9.17, 15) is 22.4 Å². The SMILES string of the molecule is NC(=O)N(N=Cc1ccccc1)c1ccc(OC(F)(F)C(F)F)cc1. The highest BCUT2D eigenvalue weighted by atomic mass is 19.3. The maximum absolute atomic E-state index is 12.8. The Labute approximate surface area is 140 Å². The number of rotatable bonds is 6. The Morgan fingerprint density at radius 2 is 1.72 bits per heavy atom. The van der Waals surface area contributed by atoms with Crippen molar-refractivity contribution < 1.29 is 27.1 Å². The molecule has 5 nitrogen and oxygen atoms in total. The van der Waals surface area contributed by atoms with Gasteiger partial charge in [0.05, 0.1) is 11.9 Å². The van der Waals surface area contributed by atoms with Gasteiger partial charge in [0.1, 0.15) is 5.75 Å². The van der Waals surface area contributed by atoms with Crippen molar-refractivity contribution in [3.8, 4) is 5.75 Å². The quantitative estimate of drug-likeness (QED) is 0.486. The van der Waals surface area contributed by atoms with E-state index in [1.165, 1.54) is 18.3 Å². The number of halogens is 4. The van der Waals surface area contributed by atoms with Gasteiger partial charge in [-0.25, -0.2) is 4.79 Å². The second-order valence-corrected chi connectivity index (χ2v) is 4.76. The van der Waals surface area contributed by atoms with Gasteiger partial charge in [-0.05, 0) is 29.8 Å². The second-order valence-electron chi connectivity index (χ2n) is 4.76. The molecule has 0 atom stereocenters. The Hall–Kier alpha value is -3.10. The molecule has 0 aliphatic carbocycles. The molecule has 0 unspecified atom stereocenters. The van der Waals surface area contributed by atoms with Crippen molar-refractivity contribution in [1.82, 2.24) is 0 Å². The molecule has 2 rings (SSSR count). The van der Waals surface area contributed by atoms with Crippen LogP contribution in [0.5, 0.6) is 5.75 Å². The largest absolute Gasteiger partial charge is 0.461 e. The highest BCUT2D eigenvalue weighted by Crippen LogP contribution is 2.28. The fourth-order valence-corrected chi connectivity index (χ4v) is 1.77. The van der Waals surface area contributed by atoms with Crippen molar-refractivity contribution in [2.45, 2.75) is 12.5 Å². The molecule has 9 heteroatoms. The van der Waals surface area contributed by atoms with Crippen LogP contribution < -0.4 is 15.5 Å². The molecule has 2 amide bonds.